The highest BCUT2D eigenvalue weighted by Gasteiger charge is 2.11. The molecule has 2 N–H and O–H groups in total. The van der Waals surface area contributed by atoms with E-state index in [0.717, 1.165) is 0 Å². The topological polar surface area (TPSA) is 61.2 Å². The molecule has 0 fully saturated rings. The van der Waals surface area contributed by atoms with E-state index < -0.39 is 11.9 Å². The minimum absolute atomic E-state index is 0.460. The second-order valence-electron chi connectivity index (χ2n) is 2.93. The average molecular weight is 190 g/mol. The molecule has 1 aromatic carbocycles. The third-order valence-corrected chi connectivity index (χ3v) is 2.06. The number of nitrogens with zero attached hydrogens (tertiary/aromatic N) is 1. The molecule has 1 unspecified atom stereocenters. The van der Waals surface area contributed by atoms with Crippen molar-refractivity contribution in [2.24, 2.45) is 5.73 Å². The molecule has 2 rings (SSSR count). The van der Waals surface area contributed by atoms with E-state index in [1.807, 2.05) is 6.07 Å². The quantitative estimate of drug-likeness (QED) is 0.724. The van der Waals surface area contributed by atoms with Crippen LogP contribution in [0.2, 0.25) is 0 Å². The zero-order valence-corrected chi connectivity index (χ0v) is 7.51. The predicted octanol–water partition coefficient (Wildman–Crippen LogP) is 1.24. The molecule has 0 saturated heterocycles. The Hall–Kier alpha value is -1.81. The Bertz CT molecular complexity index is 524. The van der Waals surface area contributed by atoms with Crippen LogP contribution in [0.5, 0.6) is 0 Å². The third kappa shape index (κ3) is 1.16. The highest BCUT2D eigenvalue weighted by Crippen LogP contribution is 2.14. The van der Waals surface area contributed by atoms with Gasteiger partial charge < -0.3 is 10.2 Å². The van der Waals surface area contributed by atoms with Gasteiger partial charge in [0.05, 0.1) is 5.52 Å². The molecule has 0 saturated carbocycles. The molecule has 4 nitrogen and oxygen atoms in total. The van der Waals surface area contributed by atoms with Crippen LogP contribution in [0.4, 0.5) is 0 Å². The molecule has 0 bridgehead atoms. The van der Waals surface area contributed by atoms with Gasteiger partial charge in [-0.15, -0.1) is 0 Å². The van der Waals surface area contributed by atoms with Crippen molar-refractivity contribution < 1.29 is 4.42 Å². The average Bonchev–Trinajstić information content (AvgIpc) is 2.53. The van der Waals surface area contributed by atoms with Crippen molar-refractivity contribution in [3.05, 3.63) is 47.5 Å². The number of hydrogen-bond donors (Lipinski definition) is 1. The number of hydrogen-bond acceptors (Lipinski definition) is 3. The summed E-state index contributed by atoms with van der Waals surface area (Å²) in [7, 11) is 0. The summed E-state index contributed by atoms with van der Waals surface area (Å²) < 4.78 is 6.37. The fraction of sp³-hybridized carbons (Fsp3) is 0.100. The molecule has 0 radical (unpaired) electrons. The maximum absolute atomic E-state index is 11.4. The molecule has 1 heterocycles. The van der Waals surface area contributed by atoms with Crippen molar-refractivity contribution in [1.82, 2.24) is 4.57 Å². The summed E-state index contributed by atoms with van der Waals surface area (Å²) in [4.78, 5) is 11.4. The van der Waals surface area contributed by atoms with E-state index in [1.54, 1.807) is 18.2 Å². The van der Waals surface area contributed by atoms with Crippen molar-refractivity contribution in [3.8, 4) is 0 Å². The molecular formula is C10H10N2O2. The molecule has 0 aliphatic rings. The molecule has 72 valence electrons. The molecule has 0 amide bonds. The molecule has 0 aliphatic carbocycles. The Labute approximate surface area is 80.2 Å². The normalized spacial score (nSPS) is 12.9. The lowest BCUT2D eigenvalue weighted by Gasteiger charge is -2.05. The van der Waals surface area contributed by atoms with E-state index in [9.17, 15) is 4.79 Å². The number of rotatable bonds is 2. The lowest BCUT2D eigenvalue weighted by molar-refractivity contribution is 0.488. The summed E-state index contributed by atoms with van der Waals surface area (Å²) in [6.07, 6.45) is 0.940. The van der Waals surface area contributed by atoms with Gasteiger partial charge in [-0.1, -0.05) is 24.8 Å². The minimum Gasteiger partial charge on any atom is -0.408 e. The fourth-order valence-electron chi connectivity index (χ4n) is 1.37. The van der Waals surface area contributed by atoms with Crippen molar-refractivity contribution in [2.75, 3.05) is 0 Å². The Kier molecular flexibility index (Phi) is 1.98. The van der Waals surface area contributed by atoms with Gasteiger partial charge in [-0.05, 0) is 12.1 Å². The van der Waals surface area contributed by atoms with Gasteiger partial charge in [-0.25, -0.2) is 4.79 Å². The zero-order chi connectivity index (χ0) is 10.1. The summed E-state index contributed by atoms with van der Waals surface area (Å²) in [5.41, 5.74) is 6.91. The summed E-state index contributed by atoms with van der Waals surface area (Å²) in [5, 5.41) is 0. The summed E-state index contributed by atoms with van der Waals surface area (Å²) in [5.74, 6) is -0.460. The Morgan fingerprint density at radius 1 is 1.50 bits per heavy atom. The summed E-state index contributed by atoms with van der Waals surface area (Å²) >= 11 is 0. The molecular weight excluding hydrogens is 180 g/mol. The lowest BCUT2D eigenvalue weighted by atomic mass is 10.3. The largest absolute Gasteiger partial charge is 0.421 e. The molecule has 0 aliphatic heterocycles. The van der Waals surface area contributed by atoms with Gasteiger partial charge in [-0.2, -0.15) is 0 Å². The van der Waals surface area contributed by atoms with E-state index in [0.29, 0.717) is 11.1 Å². The van der Waals surface area contributed by atoms with Crippen LogP contribution >= 0.6 is 0 Å². The zero-order valence-electron chi connectivity index (χ0n) is 7.51. The van der Waals surface area contributed by atoms with Crippen LogP contribution < -0.4 is 11.5 Å². The van der Waals surface area contributed by atoms with Crippen LogP contribution in [0.25, 0.3) is 11.1 Å². The third-order valence-electron chi connectivity index (χ3n) is 2.06. The predicted molar refractivity (Wildman–Crippen MR) is 53.9 cm³/mol. The Balaban J connectivity index is 2.80. The monoisotopic (exact) mass is 190 g/mol. The van der Waals surface area contributed by atoms with Gasteiger partial charge in [0.1, 0.15) is 6.17 Å². The molecule has 0 spiro atoms. The molecule has 4 heteroatoms. The molecule has 1 aromatic heterocycles. The molecule has 1 atom stereocenters. The first-order valence-corrected chi connectivity index (χ1v) is 4.22. The Morgan fingerprint density at radius 2 is 2.21 bits per heavy atom. The smallest absolute Gasteiger partial charge is 0.408 e. The highest BCUT2D eigenvalue weighted by atomic mass is 16.4. The van der Waals surface area contributed by atoms with E-state index >= 15 is 0 Å². The van der Waals surface area contributed by atoms with Crippen molar-refractivity contribution in [2.45, 2.75) is 6.17 Å². The number of nitrogens with two attached hydrogens (primary N) is 1. The fourth-order valence-corrected chi connectivity index (χ4v) is 1.37. The van der Waals surface area contributed by atoms with Gasteiger partial charge in [0.15, 0.2) is 5.58 Å². The van der Waals surface area contributed by atoms with Crippen molar-refractivity contribution >= 4 is 11.1 Å². The van der Waals surface area contributed by atoms with Gasteiger partial charge in [0.25, 0.3) is 0 Å². The van der Waals surface area contributed by atoms with Crippen molar-refractivity contribution in [3.63, 3.8) is 0 Å². The first-order valence-electron chi connectivity index (χ1n) is 4.22. The number of benzene rings is 1. The highest BCUT2D eigenvalue weighted by molar-refractivity contribution is 5.72. The van der Waals surface area contributed by atoms with Crippen LogP contribution in [-0.4, -0.2) is 4.57 Å². The second-order valence-corrected chi connectivity index (χ2v) is 2.93. The van der Waals surface area contributed by atoms with Crippen LogP contribution in [0.15, 0.2) is 46.1 Å². The Morgan fingerprint density at radius 3 is 2.93 bits per heavy atom. The second kappa shape index (κ2) is 3.16. The van der Waals surface area contributed by atoms with Gasteiger partial charge in [-0.3, -0.25) is 4.57 Å². The van der Waals surface area contributed by atoms with Crippen molar-refractivity contribution in [1.29, 1.82) is 0 Å². The van der Waals surface area contributed by atoms with Gasteiger partial charge in [0, 0.05) is 0 Å². The van der Waals surface area contributed by atoms with Gasteiger partial charge in [0.2, 0.25) is 0 Å². The molecule has 14 heavy (non-hydrogen) atoms. The molecule has 2 aromatic rings. The number of fused-ring (bicyclic) bond motifs is 1. The lowest BCUT2D eigenvalue weighted by Crippen LogP contribution is -2.25. The summed E-state index contributed by atoms with van der Waals surface area (Å²) in [6.45, 7) is 3.54. The number of para-hydroxylation sites is 2. The van der Waals surface area contributed by atoms with E-state index in [-0.39, 0.29) is 0 Å². The number of oxazole rings is 1. The van der Waals surface area contributed by atoms with E-state index in [1.165, 1.54) is 10.6 Å². The first kappa shape index (κ1) is 8.77. The van der Waals surface area contributed by atoms with Crippen LogP contribution in [0, 0.1) is 0 Å². The maximum atomic E-state index is 11.4. The van der Waals surface area contributed by atoms with Crippen LogP contribution in [-0.2, 0) is 0 Å². The van der Waals surface area contributed by atoms with E-state index in [4.69, 9.17) is 10.2 Å². The first-order chi connectivity index (χ1) is 6.74. The maximum Gasteiger partial charge on any atom is 0.421 e. The minimum atomic E-state index is -0.550. The number of aromatic nitrogens is 1. The van der Waals surface area contributed by atoms with Crippen LogP contribution in [0.1, 0.15) is 6.17 Å². The standard InChI is InChI=1S/C10H10N2O2/c1-2-9(11)12-7-5-3-4-6-8(7)14-10(12)13/h2-6,9H,1,11H2. The SMILES string of the molecule is C=CC(N)n1c(=O)oc2ccccc21. The summed E-state index contributed by atoms with van der Waals surface area (Å²) in [6, 6.07) is 7.13. The van der Waals surface area contributed by atoms with Crippen LogP contribution in [0.3, 0.4) is 0 Å². The van der Waals surface area contributed by atoms with E-state index in [2.05, 4.69) is 6.58 Å². The van der Waals surface area contributed by atoms with Gasteiger partial charge >= 0.3 is 5.76 Å².